The molecule has 8 N–H and O–H groups in total. The van der Waals surface area contributed by atoms with Crippen LogP contribution in [0.1, 0.15) is 11.1 Å². The van der Waals surface area contributed by atoms with Crippen molar-refractivity contribution in [2.45, 2.75) is 18.0 Å². The molecule has 8 nitrogen and oxygen atoms in total. The number of carbonyl (C=O) groups is 3. The molecule has 0 bridgehead atoms. The number of aliphatic carboxylic acids is 2. The van der Waals surface area contributed by atoms with Gasteiger partial charge in [0.15, 0.2) is 0 Å². The summed E-state index contributed by atoms with van der Waals surface area (Å²) >= 11 is 0. The molecule has 0 aromatic heterocycles. The highest BCUT2D eigenvalue weighted by atomic mass is 16.4. The minimum atomic E-state index is -1.77. The van der Waals surface area contributed by atoms with E-state index < -0.39 is 41.3 Å². The van der Waals surface area contributed by atoms with Gasteiger partial charge in [-0.25, -0.2) is 0 Å². The third-order valence-electron chi connectivity index (χ3n) is 4.29. The number of hydrogen-bond donors (Lipinski definition) is 5. The Bertz CT molecular complexity index is 647. The molecule has 2 rings (SSSR count). The molecule has 4 atom stereocenters. The smallest absolute Gasteiger partial charge is 0.321 e. The SMILES string of the molecule is NC(=O)C1(N)c2ccccc2CC1C(C(=O)O)[C@H](N)C(=O)O. The second kappa shape index (κ2) is 5.39. The van der Waals surface area contributed by atoms with Crippen molar-refractivity contribution in [2.24, 2.45) is 29.0 Å². The summed E-state index contributed by atoms with van der Waals surface area (Å²) in [5.41, 5.74) is 16.4. The number of nitrogens with two attached hydrogens (primary N) is 3. The van der Waals surface area contributed by atoms with Gasteiger partial charge in [-0.2, -0.15) is 0 Å². The monoisotopic (exact) mass is 307 g/mol. The van der Waals surface area contributed by atoms with Crippen LogP contribution in [-0.4, -0.2) is 34.1 Å². The number of carboxylic acids is 2. The number of primary amides is 1. The van der Waals surface area contributed by atoms with E-state index >= 15 is 0 Å². The minimum Gasteiger partial charge on any atom is -0.481 e. The lowest BCUT2D eigenvalue weighted by Crippen LogP contribution is -2.59. The fraction of sp³-hybridized carbons (Fsp3) is 0.357. The van der Waals surface area contributed by atoms with Crippen LogP contribution in [0.5, 0.6) is 0 Å². The fourth-order valence-corrected chi connectivity index (χ4v) is 3.15. The normalized spacial score (nSPS) is 26.0. The fourth-order valence-electron chi connectivity index (χ4n) is 3.15. The first-order chi connectivity index (χ1) is 10.2. The number of hydrogen-bond acceptors (Lipinski definition) is 5. The molecule has 0 fully saturated rings. The van der Waals surface area contributed by atoms with E-state index in [4.69, 9.17) is 22.3 Å². The van der Waals surface area contributed by atoms with Gasteiger partial charge in [0.05, 0.1) is 5.92 Å². The highest BCUT2D eigenvalue weighted by Crippen LogP contribution is 2.44. The van der Waals surface area contributed by atoms with Crippen LogP contribution in [0.15, 0.2) is 24.3 Å². The van der Waals surface area contributed by atoms with Gasteiger partial charge in [0, 0.05) is 5.92 Å². The van der Waals surface area contributed by atoms with E-state index in [-0.39, 0.29) is 6.42 Å². The van der Waals surface area contributed by atoms with E-state index in [2.05, 4.69) is 0 Å². The third kappa shape index (κ3) is 2.22. The quantitative estimate of drug-likeness (QED) is 0.445. The van der Waals surface area contributed by atoms with Crippen molar-refractivity contribution in [1.29, 1.82) is 0 Å². The molecule has 1 aromatic rings. The van der Waals surface area contributed by atoms with Crippen molar-refractivity contribution in [2.75, 3.05) is 0 Å². The van der Waals surface area contributed by atoms with Gasteiger partial charge in [-0.3, -0.25) is 14.4 Å². The van der Waals surface area contributed by atoms with E-state index in [0.29, 0.717) is 11.1 Å². The van der Waals surface area contributed by atoms with Crippen molar-refractivity contribution in [3.05, 3.63) is 35.4 Å². The van der Waals surface area contributed by atoms with Crippen LogP contribution >= 0.6 is 0 Å². The summed E-state index contributed by atoms with van der Waals surface area (Å²) in [6.07, 6.45) is 0.119. The Morgan fingerprint density at radius 2 is 1.77 bits per heavy atom. The van der Waals surface area contributed by atoms with Crippen molar-refractivity contribution in [1.82, 2.24) is 0 Å². The standard InChI is InChI=1S/C14H17N3O5/c15-10(12(20)21)9(11(18)19)8-5-6-3-1-2-4-7(6)14(8,17)13(16)22/h1-4,8-10H,5,15,17H2,(H2,16,22)(H,18,19)(H,20,21)/t8?,9?,10-,14?/m0/s1. The number of carbonyl (C=O) groups excluding carboxylic acids is 1. The molecule has 3 unspecified atom stereocenters. The zero-order chi connectivity index (χ0) is 16.7. The van der Waals surface area contributed by atoms with Crippen molar-refractivity contribution in [3.8, 4) is 0 Å². The molecule has 1 aliphatic rings. The molecule has 0 saturated heterocycles. The summed E-state index contributed by atoms with van der Waals surface area (Å²) in [5.74, 6) is -6.39. The molecule has 0 heterocycles. The van der Waals surface area contributed by atoms with Gasteiger partial charge in [0.25, 0.3) is 0 Å². The topological polar surface area (TPSA) is 170 Å². The van der Waals surface area contributed by atoms with Crippen LogP contribution in [0, 0.1) is 11.8 Å². The maximum atomic E-state index is 11.9. The van der Waals surface area contributed by atoms with E-state index in [1.165, 1.54) is 0 Å². The van der Waals surface area contributed by atoms with E-state index in [0.717, 1.165) is 0 Å². The number of amides is 1. The summed E-state index contributed by atoms with van der Waals surface area (Å²) in [5, 5.41) is 18.4. The molecule has 0 radical (unpaired) electrons. The molecule has 0 aliphatic heterocycles. The zero-order valence-electron chi connectivity index (χ0n) is 11.6. The maximum Gasteiger partial charge on any atom is 0.321 e. The summed E-state index contributed by atoms with van der Waals surface area (Å²) in [4.78, 5) is 34.6. The van der Waals surface area contributed by atoms with E-state index in [9.17, 15) is 19.5 Å². The molecule has 0 saturated carbocycles. The molecule has 1 aromatic carbocycles. The molecule has 22 heavy (non-hydrogen) atoms. The van der Waals surface area contributed by atoms with Crippen LogP contribution in [-0.2, 0) is 26.3 Å². The zero-order valence-corrected chi connectivity index (χ0v) is 11.6. The minimum absolute atomic E-state index is 0.119. The van der Waals surface area contributed by atoms with Crippen LogP contribution in [0.2, 0.25) is 0 Å². The number of carboxylic acid groups (broad SMARTS) is 2. The molecular weight excluding hydrogens is 290 g/mol. The van der Waals surface area contributed by atoms with Crippen LogP contribution < -0.4 is 17.2 Å². The first-order valence-corrected chi connectivity index (χ1v) is 6.59. The Kier molecular flexibility index (Phi) is 3.90. The average Bonchev–Trinajstić information content (AvgIpc) is 2.74. The Morgan fingerprint density at radius 3 is 2.27 bits per heavy atom. The predicted octanol–water partition coefficient (Wildman–Crippen LogP) is -1.39. The van der Waals surface area contributed by atoms with Crippen LogP contribution in [0.25, 0.3) is 0 Å². The lowest BCUT2D eigenvalue weighted by molar-refractivity contribution is -0.153. The average molecular weight is 307 g/mol. The molecule has 1 aliphatic carbocycles. The van der Waals surface area contributed by atoms with Crippen LogP contribution in [0.4, 0.5) is 0 Å². The lowest BCUT2D eigenvalue weighted by atomic mass is 9.73. The first-order valence-electron chi connectivity index (χ1n) is 6.59. The van der Waals surface area contributed by atoms with Gasteiger partial charge in [0.2, 0.25) is 5.91 Å². The lowest BCUT2D eigenvalue weighted by Gasteiger charge is -2.34. The highest BCUT2D eigenvalue weighted by Gasteiger charge is 2.55. The van der Waals surface area contributed by atoms with Crippen molar-refractivity contribution < 1.29 is 24.6 Å². The molecule has 0 spiro atoms. The largest absolute Gasteiger partial charge is 0.481 e. The number of rotatable bonds is 5. The van der Waals surface area contributed by atoms with Gasteiger partial charge >= 0.3 is 11.9 Å². The first kappa shape index (κ1) is 15.9. The Labute approximate surface area is 125 Å². The second-order valence-electron chi connectivity index (χ2n) is 5.43. The molecule has 118 valence electrons. The van der Waals surface area contributed by atoms with Gasteiger partial charge in [-0.1, -0.05) is 24.3 Å². The summed E-state index contributed by atoms with van der Waals surface area (Å²) in [6.45, 7) is 0. The number of benzene rings is 1. The van der Waals surface area contributed by atoms with Gasteiger partial charge in [-0.05, 0) is 17.5 Å². The van der Waals surface area contributed by atoms with Crippen LogP contribution in [0.3, 0.4) is 0 Å². The van der Waals surface area contributed by atoms with Gasteiger partial charge < -0.3 is 27.4 Å². The third-order valence-corrected chi connectivity index (χ3v) is 4.29. The van der Waals surface area contributed by atoms with E-state index in [1.54, 1.807) is 24.3 Å². The van der Waals surface area contributed by atoms with Gasteiger partial charge in [-0.15, -0.1) is 0 Å². The molecular formula is C14H17N3O5. The highest BCUT2D eigenvalue weighted by molar-refractivity contribution is 5.90. The Hall–Kier alpha value is -2.45. The summed E-state index contributed by atoms with van der Waals surface area (Å²) in [7, 11) is 0. The maximum absolute atomic E-state index is 11.9. The van der Waals surface area contributed by atoms with Gasteiger partial charge in [0.1, 0.15) is 11.6 Å². The Morgan fingerprint density at radius 1 is 1.18 bits per heavy atom. The molecule has 8 heteroatoms. The summed E-state index contributed by atoms with van der Waals surface area (Å²) in [6, 6.07) is 4.96. The summed E-state index contributed by atoms with van der Waals surface area (Å²) < 4.78 is 0. The van der Waals surface area contributed by atoms with Crippen molar-refractivity contribution in [3.63, 3.8) is 0 Å². The van der Waals surface area contributed by atoms with Crippen molar-refractivity contribution >= 4 is 17.8 Å². The second-order valence-corrected chi connectivity index (χ2v) is 5.43. The van der Waals surface area contributed by atoms with E-state index in [1.807, 2.05) is 0 Å². The number of fused-ring (bicyclic) bond motifs is 1. The predicted molar refractivity (Wildman–Crippen MR) is 75.4 cm³/mol. The Balaban J connectivity index is 2.57. The molecule has 1 amide bonds.